The highest BCUT2D eigenvalue weighted by Crippen LogP contribution is 2.30. The van der Waals surface area contributed by atoms with E-state index in [1.165, 1.54) is 18.2 Å². The minimum atomic E-state index is -0.773. The molecule has 0 aromatic heterocycles. The van der Waals surface area contributed by atoms with E-state index in [1.807, 2.05) is 0 Å². The lowest BCUT2D eigenvalue weighted by Crippen LogP contribution is -2.13. The van der Waals surface area contributed by atoms with Crippen LogP contribution in [0.4, 0.5) is 11.4 Å². The Bertz CT molecular complexity index is 935. The molecule has 0 bridgehead atoms. The Morgan fingerprint density at radius 1 is 1.32 bits per heavy atom. The van der Waals surface area contributed by atoms with Gasteiger partial charge in [0, 0.05) is 6.07 Å². The van der Waals surface area contributed by atoms with Crippen LogP contribution in [0.3, 0.4) is 0 Å². The van der Waals surface area contributed by atoms with Gasteiger partial charge in [0.2, 0.25) is 0 Å². The first-order valence-corrected chi connectivity index (χ1v) is 7.43. The predicted octanol–water partition coefficient (Wildman–Crippen LogP) is 4.15. The number of amides is 1. The third kappa shape index (κ3) is 4.26. The van der Waals surface area contributed by atoms with E-state index in [9.17, 15) is 25.3 Å². The minimum absolute atomic E-state index is 0.120. The zero-order chi connectivity index (χ0) is 18.6. The van der Waals surface area contributed by atoms with Gasteiger partial charge >= 0.3 is 5.69 Å². The number of nitro benzene ring substituents is 1. The topological polar surface area (TPSA) is 116 Å². The first kappa shape index (κ1) is 18.3. The molecule has 2 aromatic rings. The first-order valence-electron chi connectivity index (χ1n) is 6.68. The van der Waals surface area contributed by atoms with Crippen molar-refractivity contribution in [3.8, 4) is 11.8 Å². The zero-order valence-corrected chi connectivity index (χ0v) is 13.9. The summed E-state index contributed by atoms with van der Waals surface area (Å²) in [6.07, 6.45) is 1.15. The summed E-state index contributed by atoms with van der Waals surface area (Å²) < 4.78 is 0. The highest BCUT2D eigenvalue weighted by molar-refractivity contribution is 6.44. The number of nitrogens with zero attached hydrogens (tertiary/aromatic N) is 2. The molecule has 2 aromatic carbocycles. The van der Waals surface area contributed by atoms with Gasteiger partial charge in [-0.2, -0.15) is 5.26 Å². The second-order valence-corrected chi connectivity index (χ2v) is 5.52. The Hall–Kier alpha value is -3.08. The van der Waals surface area contributed by atoms with Crippen molar-refractivity contribution in [1.29, 1.82) is 5.26 Å². The number of carbonyl (C=O) groups is 1. The van der Waals surface area contributed by atoms with Gasteiger partial charge < -0.3 is 10.4 Å². The molecule has 0 saturated heterocycles. The van der Waals surface area contributed by atoms with Crippen molar-refractivity contribution in [2.24, 2.45) is 0 Å². The molecule has 25 heavy (non-hydrogen) atoms. The number of hydrogen-bond donors (Lipinski definition) is 2. The Balaban J connectivity index is 2.33. The van der Waals surface area contributed by atoms with Gasteiger partial charge in [-0.05, 0) is 29.8 Å². The fourth-order valence-electron chi connectivity index (χ4n) is 1.88. The van der Waals surface area contributed by atoms with Crippen LogP contribution in [-0.2, 0) is 4.79 Å². The third-order valence-electron chi connectivity index (χ3n) is 3.07. The first-order chi connectivity index (χ1) is 11.8. The van der Waals surface area contributed by atoms with E-state index in [2.05, 4.69) is 5.32 Å². The standard InChI is InChI=1S/C16H9Cl2N3O4/c17-11-2-1-3-12(15(11)18)20-16(23)10(8-19)6-9-4-5-14(22)13(7-9)21(24)25/h1-7,22H,(H,20,23)/b10-6+. The summed E-state index contributed by atoms with van der Waals surface area (Å²) in [5.41, 5.74) is -0.425. The van der Waals surface area contributed by atoms with Crippen molar-refractivity contribution in [2.45, 2.75) is 0 Å². The van der Waals surface area contributed by atoms with Crippen LogP contribution >= 0.6 is 23.2 Å². The Morgan fingerprint density at radius 3 is 2.68 bits per heavy atom. The SMILES string of the molecule is N#C/C(=C\c1ccc(O)c([N+](=O)[O-])c1)C(=O)Nc1cccc(Cl)c1Cl. The molecular weight excluding hydrogens is 369 g/mol. The highest BCUT2D eigenvalue weighted by atomic mass is 35.5. The second kappa shape index (κ2) is 7.66. The van der Waals surface area contributed by atoms with Crippen molar-refractivity contribution in [1.82, 2.24) is 0 Å². The van der Waals surface area contributed by atoms with Gasteiger partial charge in [0.05, 0.1) is 20.7 Å². The average Bonchev–Trinajstić information content (AvgIpc) is 2.57. The summed E-state index contributed by atoms with van der Waals surface area (Å²) in [7, 11) is 0. The van der Waals surface area contributed by atoms with Gasteiger partial charge in [-0.3, -0.25) is 14.9 Å². The van der Waals surface area contributed by atoms with Crippen molar-refractivity contribution in [3.05, 3.63) is 67.7 Å². The molecule has 2 N–H and O–H groups in total. The van der Waals surface area contributed by atoms with Gasteiger partial charge in [0.1, 0.15) is 11.6 Å². The highest BCUT2D eigenvalue weighted by Gasteiger charge is 2.16. The van der Waals surface area contributed by atoms with E-state index in [0.717, 1.165) is 18.2 Å². The van der Waals surface area contributed by atoms with Gasteiger partial charge in [-0.15, -0.1) is 0 Å². The number of aromatic hydroxyl groups is 1. The van der Waals surface area contributed by atoms with Gasteiger partial charge in [-0.1, -0.05) is 35.3 Å². The maximum absolute atomic E-state index is 12.2. The lowest BCUT2D eigenvalue weighted by molar-refractivity contribution is -0.385. The van der Waals surface area contributed by atoms with Crippen molar-refractivity contribution in [2.75, 3.05) is 5.32 Å². The monoisotopic (exact) mass is 377 g/mol. The number of hydrogen-bond acceptors (Lipinski definition) is 5. The minimum Gasteiger partial charge on any atom is -0.502 e. The van der Waals surface area contributed by atoms with Crippen molar-refractivity contribution < 1.29 is 14.8 Å². The number of phenolic OH excluding ortho intramolecular Hbond substituents is 1. The number of halogens is 2. The molecule has 0 aliphatic rings. The number of anilines is 1. The van der Waals surface area contributed by atoms with Crippen molar-refractivity contribution in [3.63, 3.8) is 0 Å². The fourth-order valence-corrected chi connectivity index (χ4v) is 2.23. The number of nitriles is 1. The maximum Gasteiger partial charge on any atom is 0.311 e. The summed E-state index contributed by atoms with van der Waals surface area (Å²) in [6, 6.07) is 9.81. The number of benzene rings is 2. The molecule has 0 saturated carbocycles. The molecule has 0 heterocycles. The summed E-state index contributed by atoms with van der Waals surface area (Å²) in [5, 5.41) is 32.2. The molecule has 0 atom stereocenters. The van der Waals surface area contributed by atoms with E-state index < -0.39 is 22.3 Å². The molecule has 0 aliphatic heterocycles. The lowest BCUT2D eigenvalue weighted by atomic mass is 10.1. The van der Waals surface area contributed by atoms with E-state index in [1.54, 1.807) is 12.1 Å². The molecule has 7 nitrogen and oxygen atoms in total. The molecule has 0 fully saturated rings. The molecule has 0 radical (unpaired) electrons. The quantitative estimate of drug-likeness (QED) is 0.359. The maximum atomic E-state index is 12.2. The number of carbonyl (C=O) groups excluding carboxylic acids is 1. The molecular formula is C16H9Cl2N3O4. The predicted molar refractivity (Wildman–Crippen MR) is 93.4 cm³/mol. The largest absolute Gasteiger partial charge is 0.502 e. The van der Waals surface area contributed by atoms with E-state index in [0.29, 0.717) is 0 Å². The van der Waals surface area contributed by atoms with Crippen LogP contribution in [0.25, 0.3) is 6.08 Å². The Labute approximate surface area is 151 Å². The van der Waals surface area contributed by atoms with Crippen molar-refractivity contribution >= 4 is 46.6 Å². The van der Waals surface area contributed by atoms with Gasteiger partial charge in [0.25, 0.3) is 5.91 Å². The Kier molecular flexibility index (Phi) is 5.60. The van der Waals surface area contributed by atoms with Crippen LogP contribution in [0.15, 0.2) is 42.0 Å². The van der Waals surface area contributed by atoms with Crippen LogP contribution in [0.2, 0.25) is 10.0 Å². The van der Waals surface area contributed by atoms with Gasteiger partial charge in [0.15, 0.2) is 5.75 Å². The molecule has 0 aliphatic carbocycles. The summed E-state index contributed by atoms with van der Waals surface area (Å²) in [4.78, 5) is 22.3. The van der Waals surface area contributed by atoms with E-state index in [-0.39, 0.29) is 26.9 Å². The summed E-state index contributed by atoms with van der Waals surface area (Å²) >= 11 is 11.8. The van der Waals surface area contributed by atoms with Crippen LogP contribution in [0.1, 0.15) is 5.56 Å². The molecule has 1 amide bonds. The molecule has 126 valence electrons. The van der Waals surface area contributed by atoms with Crippen LogP contribution in [-0.4, -0.2) is 15.9 Å². The molecule has 9 heteroatoms. The summed E-state index contributed by atoms with van der Waals surface area (Å²) in [6.45, 7) is 0. The van der Waals surface area contributed by atoms with Crippen LogP contribution < -0.4 is 5.32 Å². The van der Waals surface area contributed by atoms with Crippen LogP contribution in [0.5, 0.6) is 5.75 Å². The lowest BCUT2D eigenvalue weighted by Gasteiger charge is -2.07. The number of nitrogens with one attached hydrogen (secondary N) is 1. The molecule has 0 spiro atoms. The average molecular weight is 378 g/mol. The third-order valence-corrected chi connectivity index (χ3v) is 3.89. The molecule has 2 rings (SSSR count). The zero-order valence-electron chi connectivity index (χ0n) is 12.4. The van der Waals surface area contributed by atoms with E-state index >= 15 is 0 Å². The summed E-state index contributed by atoms with van der Waals surface area (Å²) in [5.74, 6) is -1.28. The van der Waals surface area contributed by atoms with Crippen LogP contribution in [0, 0.1) is 21.4 Å². The fraction of sp³-hybridized carbons (Fsp3) is 0. The molecule has 0 unspecified atom stereocenters. The number of nitro groups is 1. The smallest absolute Gasteiger partial charge is 0.311 e. The normalized spacial score (nSPS) is 10.8. The number of rotatable bonds is 4. The second-order valence-electron chi connectivity index (χ2n) is 4.73. The van der Waals surface area contributed by atoms with E-state index in [4.69, 9.17) is 23.2 Å². The van der Waals surface area contributed by atoms with Gasteiger partial charge in [-0.25, -0.2) is 0 Å². The number of phenols is 1. The Morgan fingerprint density at radius 2 is 2.04 bits per heavy atom.